The van der Waals surface area contributed by atoms with E-state index in [1.807, 2.05) is 0 Å². The molecule has 104 valence electrons. The summed E-state index contributed by atoms with van der Waals surface area (Å²) in [6, 6.07) is 9.75. The Morgan fingerprint density at radius 2 is 2.20 bits per heavy atom. The number of nitrogens with one attached hydrogen (secondary N) is 2. The third kappa shape index (κ3) is 4.13. The number of anilines is 2. The first-order valence-electron chi connectivity index (χ1n) is 5.79. The van der Waals surface area contributed by atoms with Crippen LogP contribution in [0.2, 0.25) is 0 Å². The van der Waals surface area contributed by atoms with Crippen molar-refractivity contribution in [2.24, 2.45) is 0 Å². The number of pyridine rings is 1. The Kier molecular flexibility index (Phi) is 4.78. The van der Waals surface area contributed by atoms with Crippen LogP contribution < -0.4 is 16.6 Å². The number of nitrogens with zero attached hydrogens (tertiary/aromatic N) is 1. The van der Waals surface area contributed by atoms with E-state index in [1.165, 1.54) is 23.9 Å². The number of nitrogen functional groups attached to an aromatic ring is 1. The van der Waals surface area contributed by atoms with Crippen molar-refractivity contribution < 1.29 is 9.18 Å². The lowest BCUT2D eigenvalue weighted by Gasteiger charge is -2.07. The smallest absolute Gasteiger partial charge is 0.248 e. The van der Waals surface area contributed by atoms with Gasteiger partial charge < -0.3 is 5.73 Å². The van der Waals surface area contributed by atoms with Gasteiger partial charge in [-0.15, -0.1) is 11.8 Å². The van der Waals surface area contributed by atoms with Gasteiger partial charge in [0.2, 0.25) is 5.91 Å². The van der Waals surface area contributed by atoms with Crippen molar-refractivity contribution in [3.05, 3.63) is 48.4 Å². The summed E-state index contributed by atoms with van der Waals surface area (Å²) in [6.45, 7) is 0. The molecule has 0 atom stereocenters. The molecule has 0 radical (unpaired) electrons. The molecule has 0 spiro atoms. The van der Waals surface area contributed by atoms with E-state index in [0.717, 1.165) is 0 Å². The number of hydrogen-bond acceptors (Lipinski definition) is 5. The highest BCUT2D eigenvalue weighted by Gasteiger charge is 2.05. The third-order valence-corrected chi connectivity index (χ3v) is 3.33. The number of aromatic nitrogens is 1. The minimum absolute atomic E-state index is 0.0932. The van der Waals surface area contributed by atoms with Gasteiger partial charge in [0.05, 0.1) is 11.4 Å². The Bertz CT molecular complexity index is 594. The molecule has 0 aliphatic heterocycles. The number of nitrogens with two attached hydrogens (primary N) is 1. The fourth-order valence-corrected chi connectivity index (χ4v) is 2.07. The van der Waals surface area contributed by atoms with E-state index in [-0.39, 0.29) is 17.3 Å². The van der Waals surface area contributed by atoms with Crippen LogP contribution in [0, 0.1) is 5.82 Å². The number of hydrazine groups is 1. The molecule has 4 N–H and O–H groups in total. The first-order chi connectivity index (χ1) is 9.65. The normalized spacial score (nSPS) is 10.1. The SMILES string of the molecule is Nc1ccc(SCC(=O)NNc2ccccn2)cc1F. The molecule has 7 heteroatoms. The molecular formula is C13H13FN4OS. The summed E-state index contributed by atoms with van der Waals surface area (Å²) in [5, 5.41) is 0. The first kappa shape index (κ1) is 14.1. The molecule has 0 bridgehead atoms. The predicted molar refractivity (Wildman–Crippen MR) is 77.5 cm³/mol. The molecule has 1 heterocycles. The lowest BCUT2D eigenvalue weighted by atomic mass is 10.3. The molecule has 0 saturated carbocycles. The summed E-state index contributed by atoms with van der Waals surface area (Å²) in [5.74, 6) is -0.0206. The maximum absolute atomic E-state index is 13.2. The molecule has 0 aliphatic rings. The van der Waals surface area contributed by atoms with Crippen LogP contribution in [0.15, 0.2) is 47.5 Å². The largest absolute Gasteiger partial charge is 0.396 e. The molecule has 2 aromatic rings. The highest BCUT2D eigenvalue weighted by atomic mass is 32.2. The highest BCUT2D eigenvalue weighted by molar-refractivity contribution is 8.00. The fourth-order valence-electron chi connectivity index (χ4n) is 1.35. The van der Waals surface area contributed by atoms with Gasteiger partial charge in [0, 0.05) is 11.1 Å². The van der Waals surface area contributed by atoms with Crippen LogP contribution in [-0.2, 0) is 4.79 Å². The molecule has 0 saturated heterocycles. The summed E-state index contributed by atoms with van der Waals surface area (Å²) >= 11 is 1.22. The zero-order valence-corrected chi connectivity index (χ0v) is 11.3. The summed E-state index contributed by atoms with van der Waals surface area (Å²) in [4.78, 5) is 16.2. The van der Waals surface area contributed by atoms with Crippen molar-refractivity contribution >= 4 is 29.2 Å². The lowest BCUT2D eigenvalue weighted by molar-refractivity contribution is -0.118. The van der Waals surface area contributed by atoms with Crippen molar-refractivity contribution in [2.75, 3.05) is 16.9 Å². The van der Waals surface area contributed by atoms with Gasteiger partial charge in [0.15, 0.2) is 0 Å². The van der Waals surface area contributed by atoms with Gasteiger partial charge in [0.25, 0.3) is 0 Å². The number of rotatable bonds is 5. The minimum Gasteiger partial charge on any atom is -0.396 e. The second kappa shape index (κ2) is 6.76. The topological polar surface area (TPSA) is 80.0 Å². The second-order valence-electron chi connectivity index (χ2n) is 3.86. The summed E-state index contributed by atoms with van der Waals surface area (Å²) in [5.41, 5.74) is 10.7. The second-order valence-corrected chi connectivity index (χ2v) is 4.91. The molecule has 20 heavy (non-hydrogen) atoms. The van der Waals surface area contributed by atoms with E-state index in [9.17, 15) is 9.18 Å². The van der Waals surface area contributed by atoms with Gasteiger partial charge in [-0.05, 0) is 30.3 Å². The van der Waals surface area contributed by atoms with E-state index in [1.54, 1.807) is 30.5 Å². The average Bonchev–Trinajstić information content (AvgIpc) is 2.47. The van der Waals surface area contributed by atoms with Gasteiger partial charge >= 0.3 is 0 Å². The maximum Gasteiger partial charge on any atom is 0.248 e. The van der Waals surface area contributed by atoms with Crippen molar-refractivity contribution in [3.8, 4) is 0 Å². The van der Waals surface area contributed by atoms with Crippen LogP contribution in [0.5, 0.6) is 0 Å². The Hall–Kier alpha value is -2.28. The zero-order chi connectivity index (χ0) is 14.4. The van der Waals surface area contributed by atoms with Gasteiger partial charge in [-0.1, -0.05) is 6.07 Å². The van der Waals surface area contributed by atoms with E-state index in [2.05, 4.69) is 15.8 Å². The van der Waals surface area contributed by atoms with Crippen LogP contribution in [0.25, 0.3) is 0 Å². The highest BCUT2D eigenvalue weighted by Crippen LogP contribution is 2.21. The average molecular weight is 292 g/mol. The summed E-state index contributed by atoms with van der Waals surface area (Å²) < 4.78 is 13.2. The molecule has 1 aromatic heterocycles. The van der Waals surface area contributed by atoms with Crippen LogP contribution >= 0.6 is 11.8 Å². The number of carbonyl (C=O) groups is 1. The number of carbonyl (C=O) groups excluding carboxylic acids is 1. The number of halogens is 1. The monoisotopic (exact) mass is 292 g/mol. The Labute approximate surface area is 119 Å². The molecule has 1 amide bonds. The van der Waals surface area contributed by atoms with Crippen molar-refractivity contribution in [1.29, 1.82) is 0 Å². The number of benzene rings is 1. The minimum atomic E-state index is -0.484. The predicted octanol–water partition coefficient (Wildman–Crippen LogP) is 2.04. The Morgan fingerprint density at radius 3 is 2.90 bits per heavy atom. The number of amides is 1. The van der Waals surface area contributed by atoms with Crippen LogP contribution in [0.3, 0.4) is 0 Å². The van der Waals surface area contributed by atoms with Crippen LogP contribution in [0.4, 0.5) is 15.9 Å². The van der Waals surface area contributed by atoms with E-state index in [4.69, 9.17) is 5.73 Å². The molecular weight excluding hydrogens is 279 g/mol. The molecule has 0 fully saturated rings. The molecule has 5 nitrogen and oxygen atoms in total. The van der Waals surface area contributed by atoms with E-state index < -0.39 is 5.82 Å². The van der Waals surface area contributed by atoms with Crippen molar-refractivity contribution in [2.45, 2.75) is 4.90 Å². The third-order valence-electron chi connectivity index (χ3n) is 2.34. The fraction of sp³-hybridized carbons (Fsp3) is 0.0769. The quantitative estimate of drug-likeness (QED) is 0.446. The van der Waals surface area contributed by atoms with Crippen molar-refractivity contribution in [3.63, 3.8) is 0 Å². The van der Waals surface area contributed by atoms with Gasteiger partial charge in [-0.3, -0.25) is 15.6 Å². The van der Waals surface area contributed by atoms with Crippen molar-refractivity contribution in [1.82, 2.24) is 10.4 Å². The Balaban J connectivity index is 1.79. The Morgan fingerprint density at radius 1 is 1.35 bits per heavy atom. The standard InChI is InChI=1S/C13H13FN4OS/c14-10-7-9(4-5-11(10)15)20-8-13(19)18-17-12-3-1-2-6-16-12/h1-7H,8,15H2,(H,16,17)(H,18,19). The van der Waals surface area contributed by atoms with Gasteiger partial charge in [-0.2, -0.15) is 0 Å². The first-order valence-corrected chi connectivity index (χ1v) is 6.77. The molecule has 0 unspecified atom stereocenters. The van der Waals surface area contributed by atoms with Crippen LogP contribution in [0.1, 0.15) is 0 Å². The van der Waals surface area contributed by atoms with E-state index in [0.29, 0.717) is 10.7 Å². The zero-order valence-electron chi connectivity index (χ0n) is 10.5. The van der Waals surface area contributed by atoms with E-state index >= 15 is 0 Å². The molecule has 1 aromatic carbocycles. The molecule has 2 rings (SSSR count). The summed E-state index contributed by atoms with van der Waals surface area (Å²) in [6.07, 6.45) is 1.61. The van der Waals surface area contributed by atoms with Gasteiger partial charge in [-0.25, -0.2) is 9.37 Å². The molecule has 0 aliphatic carbocycles. The van der Waals surface area contributed by atoms with Gasteiger partial charge in [0.1, 0.15) is 11.6 Å². The number of thioether (sulfide) groups is 1. The maximum atomic E-state index is 13.2. The number of hydrogen-bond donors (Lipinski definition) is 3. The lowest BCUT2D eigenvalue weighted by Crippen LogP contribution is -2.31. The summed E-state index contributed by atoms with van der Waals surface area (Å²) in [7, 11) is 0. The van der Waals surface area contributed by atoms with Crippen LogP contribution in [-0.4, -0.2) is 16.6 Å².